The lowest BCUT2D eigenvalue weighted by Crippen LogP contribution is -2.56. The van der Waals surface area contributed by atoms with Gasteiger partial charge in [0.25, 0.3) is 5.91 Å². The fourth-order valence-corrected chi connectivity index (χ4v) is 7.78. The molecule has 0 saturated carbocycles. The Morgan fingerprint density at radius 1 is 0.933 bits per heavy atom. The van der Waals surface area contributed by atoms with Crippen molar-refractivity contribution in [3.8, 4) is 0 Å². The minimum absolute atomic E-state index is 0.184. The average molecular weight is 606 g/mol. The third-order valence-corrected chi connectivity index (χ3v) is 9.52. The molecule has 2 fully saturated rings. The van der Waals surface area contributed by atoms with E-state index in [4.69, 9.17) is 0 Å². The van der Waals surface area contributed by atoms with Crippen LogP contribution in [0, 0.1) is 17.8 Å². The molecule has 45 heavy (non-hydrogen) atoms. The van der Waals surface area contributed by atoms with Crippen molar-refractivity contribution in [1.82, 2.24) is 5.32 Å². The number of imide groups is 1. The molecule has 230 valence electrons. The topological polar surface area (TPSA) is 119 Å². The summed E-state index contributed by atoms with van der Waals surface area (Å²) in [5, 5.41) is 6.22. The van der Waals surface area contributed by atoms with Crippen LogP contribution in [0.15, 0.2) is 72.8 Å². The first-order chi connectivity index (χ1) is 21.6. The highest BCUT2D eigenvalue weighted by Crippen LogP contribution is 2.56. The van der Waals surface area contributed by atoms with Crippen LogP contribution in [0.1, 0.15) is 38.3 Å². The van der Waals surface area contributed by atoms with Crippen molar-refractivity contribution in [3.63, 3.8) is 0 Å². The molecule has 10 heteroatoms. The average Bonchev–Trinajstić information content (AvgIpc) is 3.72. The minimum atomic E-state index is -1.50. The van der Waals surface area contributed by atoms with Crippen molar-refractivity contribution in [2.45, 2.75) is 45.2 Å². The lowest BCUT2D eigenvalue weighted by molar-refractivity contribution is -0.132. The maximum atomic E-state index is 14.8. The van der Waals surface area contributed by atoms with Crippen molar-refractivity contribution in [1.29, 1.82) is 0 Å². The Balaban J connectivity index is 1.27. The van der Waals surface area contributed by atoms with Gasteiger partial charge in [-0.2, -0.15) is 0 Å². The number of rotatable bonds is 6. The predicted molar refractivity (Wildman–Crippen MR) is 170 cm³/mol. The molecule has 0 aromatic heterocycles. The Bertz CT molecular complexity index is 1750. The lowest BCUT2D eigenvalue weighted by Gasteiger charge is -2.31. The highest BCUT2D eigenvalue weighted by Gasteiger charge is 2.71. The summed E-state index contributed by atoms with van der Waals surface area (Å²) in [4.78, 5) is 73.1. The number of fused-ring (bicyclic) bond motifs is 5. The first kappa shape index (κ1) is 28.9. The van der Waals surface area contributed by atoms with Gasteiger partial charge in [0.2, 0.25) is 23.6 Å². The van der Waals surface area contributed by atoms with Crippen molar-refractivity contribution < 1.29 is 24.0 Å². The number of nitrogens with one attached hydrogen (secondary N) is 2. The molecule has 4 aliphatic heterocycles. The zero-order valence-corrected chi connectivity index (χ0v) is 25.4. The van der Waals surface area contributed by atoms with Crippen LogP contribution >= 0.6 is 0 Å². The number of anilines is 4. The molecule has 2 saturated heterocycles. The van der Waals surface area contributed by atoms with Crippen LogP contribution in [0.4, 0.5) is 22.7 Å². The molecule has 10 nitrogen and oxygen atoms in total. The summed E-state index contributed by atoms with van der Waals surface area (Å²) in [5.74, 6) is -3.23. The van der Waals surface area contributed by atoms with E-state index in [2.05, 4.69) is 10.6 Å². The van der Waals surface area contributed by atoms with Crippen molar-refractivity contribution in [3.05, 3.63) is 83.9 Å². The largest absolute Gasteiger partial charge is 0.326 e. The molecule has 0 radical (unpaired) electrons. The van der Waals surface area contributed by atoms with Gasteiger partial charge in [0.15, 0.2) is 0 Å². The normalized spacial score (nSPS) is 24.9. The zero-order valence-electron chi connectivity index (χ0n) is 25.4. The highest BCUT2D eigenvalue weighted by molar-refractivity contribution is 6.26. The Kier molecular flexibility index (Phi) is 6.85. The highest BCUT2D eigenvalue weighted by atomic mass is 16.2. The smallest absolute Gasteiger partial charge is 0.253 e. The van der Waals surface area contributed by atoms with Crippen molar-refractivity contribution in [2.75, 3.05) is 33.1 Å². The van der Waals surface area contributed by atoms with E-state index in [1.54, 1.807) is 35.2 Å². The third-order valence-electron chi connectivity index (χ3n) is 9.52. The first-order valence-corrected chi connectivity index (χ1v) is 15.4. The quantitative estimate of drug-likeness (QED) is 0.415. The molecule has 1 spiro atoms. The lowest BCUT2D eigenvalue weighted by atomic mass is 9.76. The van der Waals surface area contributed by atoms with E-state index >= 15 is 0 Å². The van der Waals surface area contributed by atoms with Crippen LogP contribution in [0.2, 0.25) is 0 Å². The molecule has 0 aliphatic carbocycles. The summed E-state index contributed by atoms with van der Waals surface area (Å²) >= 11 is 0. The number of hydrogen-bond acceptors (Lipinski definition) is 6. The summed E-state index contributed by atoms with van der Waals surface area (Å²) in [6.45, 7) is 5.85. The fourth-order valence-electron chi connectivity index (χ4n) is 7.78. The summed E-state index contributed by atoms with van der Waals surface area (Å²) in [6.07, 6.45) is 1.33. The zero-order chi connectivity index (χ0) is 31.6. The van der Waals surface area contributed by atoms with Crippen LogP contribution in [0.5, 0.6) is 0 Å². The standard InChI is InChI=1S/C35H35N5O5/c1-20(2)18-26-30-31(33(44)40(32(30)43)24-14-12-23(13-15-24)36-21(3)41)35(37-26)25-9-5-7-11-28(25)39(34(35)45)19-29(42)38-17-16-22-8-4-6-10-27(22)38/h4-15,20,26,30-31,37H,16-19H2,1-3H3,(H,36,41)/t26-,30+,31-,35-/m0/s1. The molecular weight excluding hydrogens is 570 g/mol. The Morgan fingerprint density at radius 2 is 1.62 bits per heavy atom. The number of carbonyl (C=O) groups excluding carboxylic acids is 5. The predicted octanol–water partition coefficient (Wildman–Crippen LogP) is 3.60. The second-order valence-electron chi connectivity index (χ2n) is 12.8. The van der Waals surface area contributed by atoms with E-state index in [9.17, 15) is 24.0 Å². The van der Waals surface area contributed by atoms with Crippen LogP contribution in [-0.2, 0) is 35.9 Å². The van der Waals surface area contributed by atoms with Gasteiger partial charge < -0.3 is 15.1 Å². The molecule has 7 rings (SSSR count). The summed E-state index contributed by atoms with van der Waals surface area (Å²) in [5.41, 5.74) is 2.54. The van der Waals surface area contributed by atoms with Crippen LogP contribution in [-0.4, -0.2) is 48.7 Å². The maximum Gasteiger partial charge on any atom is 0.253 e. The van der Waals surface area contributed by atoms with Crippen LogP contribution < -0.4 is 25.3 Å². The molecule has 4 aliphatic rings. The molecule has 0 bridgehead atoms. The van der Waals surface area contributed by atoms with Gasteiger partial charge in [-0.05, 0) is 60.7 Å². The van der Waals surface area contributed by atoms with E-state index in [0.717, 1.165) is 17.7 Å². The molecule has 0 unspecified atom stereocenters. The molecule has 4 atom stereocenters. The number of benzene rings is 3. The van der Waals surface area contributed by atoms with Gasteiger partial charge >= 0.3 is 0 Å². The van der Waals surface area contributed by atoms with E-state index in [1.165, 1.54) is 16.7 Å². The van der Waals surface area contributed by atoms with E-state index in [1.807, 2.05) is 56.3 Å². The van der Waals surface area contributed by atoms with E-state index < -0.39 is 35.2 Å². The Morgan fingerprint density at radius 3 is 2.33 bits per heavy atom. The van der Waals surface area contributed by atoms with E-state index in [0.29, 0.717) is 35.6 Å². The van der Waals surface area contributed by atoms with Gasteiger partial charge in [-0.25, -0.2) is 4.90 Å². The van der Waals surface area contributed by atoms with Gasteiger partial charge in [-0.3, -0.25) is 29.3 Å². The Hall–Kier alpha value is -4.83. The maximum absolute atomic E-state index is 14.8. The van der Waals surface area contributed by atoms with Gasteiger partial charge in [-0.1, -0.05) is 50.2 Å². The van der Waals surface area contributed by atoms with Crippen molar-refractivity contribution in [2.24, 2.45) is 17.8 Å². The Labute approximate surface area is 261 Å². The van der Waals surface area contributed by atoms with Gasteiger partial charge in [-0.15, -0.1) is 0 Å². The van der Waals surface area contributed by atoms with Crippen LogP contribution in [0.3, 0.4) is 0 Å². The number of nitrogens with zero attached hydrogens (tertiary/aromatic N) is 3. The number of amides is 5. The number of hydrogen-bond donors (Lipinski definition) is 2. The van der Waals surface area contributed by atoms with Gasteiger partial charge in [0.05, 0.1) is 17.5 Å². The fraction of sp³-hybridized carbons (Fsp3) is 0.343. The number of carbonyl (C=O) groups is 5. The summed E-state index contributed by atoms with van der Waals surface area (Å²) in [7, 11) is 0. The minimum Gasteiger partial charge on any atom is -0.326 e. The molecule has 5 amide bonds. The SMILES string of the molecule is CC(=O)Nc1ccc(N2C(=O)[C@@H]3[C@H](CC(C)C)N[C@]4(C(=O)N(CC(=O)N5CCc6ccccc65)c5ccccc54)[C@@H]3C2=O)cc1. The summed E-state index contributed by atoms with van der Waals surface area (Å²) < 4.78 is 0. The van der Waals surface area contributed by atoms with Gasteiger partial charge in [0, 0.05) is 42.1 Å². The van der Waals surface area contributed by atoms with Crippen LogP contribution in [0.25, 0.3) is 0 Å². The molecule has 2 N–H and O–H groups in total. The monoisotopic (exact) mass is 605 g/mol. The van der Waals surface area contributed by atoms with E-state index in [-0.39, 0.29) is 30.2 Å². The van der Waals surface area contributed by atoms with Gasteiger partial charge in [0.1, 0.15) is 12.1 Å². The first-order valence-electron chi connectivity index (χ1n) is 15.4. The molecule has 3 aromatic rings. The second-order valence-corrected chi connectivity index (χ2v) is 12.8. The third kappa shape index (κ3) is 4.38. The molecule has 3 aromatic carbocycles. The molecular formula is C35H35N5O5. The second kappa shape index (κ2) is 10.7. The summed E-state index contributed by atoms with van der Waals surface area (Å²) in [6, 6.07) is 21.1. The number of para-hydroxylation sites is 2. The molecule has 4 heterocycles. The van der Waals surface area contributed by atoms with Crippen molar-refractivity contribution >= 4 is 52.3 Å².